The zero-order valence-corrected chi connectivity index (χ0v) is 12.2. The first kappa shape index (κ1) is 16.7. The van der Waals surface area contributed by atoms with Gasteiger partial charge in [-0.2, -0.15) is 13.2 Å². The van der Waals surface area contributed by atoms with E-state index in [1.807, 2.05) is 0 Å². The van der Waals surface area contributed by atoms with Crippen LogP contribution >= 0.6 is 0 Å². The van der Waals surface area contributed by atoms with Crippen LogP contribution in [0.4, 0.5) is 17.6 Å². The van der Waals surface area contributed by atoms with Crippen LogP contribution in [0.2, 0.25) is 0 Å². The quantitative estimate of drug-likeness (QED) is 0.806. The van der Waals surface area contributed by atoms with Crippen LogP contribution in [0.25, 0.3) is 0 Å². The van der Waals surface area contributed by atoms with Crippen LogP contribution in [0.1, 0.15) is 15.9 Å². The molecule has 122 valence electrons. The molecule has 23 heavy (non-hydrogen) atoms. The fourth-order valence-electron chi connectivity index (χ4n) is 1.70. The van der Waals surface area contributed by atoms with Crippen molar-refractivity contribution >= 4 is 5.91 Å². The minimum atomic E-state index is -4.46. The number of pyridine rings is 1. The average Bonchev–Trinajstić information content (AvgIpc) is 2.48. The van der Waals surface area contributed by atoms with Crippen LogP contribution in [0.5, 0.6) is 11.6 Å². The van der Waals surface area contributed by atoms with Crippen LogP contribution in [0.3, 0.4) is 0 Å². The third-order valence-electron chi connectivity index (χ3n) is 2.86. The van der Waals surface area contributed by atoms with Crippen molar-refractivity contribution in [2.45, 2.75) is 6.18 Å². The van der Waals surface area contributed by atoms with E-state index < -0.39 is 29.3 Å². The third kappa shape index (κ3) is 3.97. The van der Waals surface area contributed by atoms with Crippen LogP contribution < -0.4 is 4.74 Å². The lowest BCUT2D eigenvalue weighted by Crippen LogP contribution is -2.22. The van der Waals surface area contributed by atoms with E-state index in [-0.39, 0.29) is 11.3 Å². The van der Waals surface area contributed by atoms with E-state index in [1.54, 1.807) is 0 Å². The molecule has 1 heterocycles. The minimum Gasteiger partial charge on any atom is -0.436 e. The van der Waals surface area contributed by atoms with Crippen molar-refractivity contribution < 1.29 is 27.1 Å². The number of ether oxygens (including phenoxy) is 1. The number of alkyl halides is 3. The predicted octanol–water partition coefficient (Wildman–Crippen LogP) is 3.73. The van der Waals surface area contributed by atoms with E-state index in [9.17, 15) is 22.4 Å². The van der Waals surface area contributed by atoms with E-state index in [0.29, 0.717) is 0 Å². The number of halogens is 4. The van der Waals surface area contributed by atoms with Crippen molar-refractivity contribution in [2.24, 2.45) is 0 Å². The van der Waals surface area contributed by atoms with Crippen LogP contribution in [0, 0.1) is 5.82 Å². The molecule has 1 amide bonds. The highest BCUT2D eigenvalue weighted by Crippen LogP contribution is 2.31. The van der Waals surface area contributed by atoms with Crippen molar-refractivity contribution in [1.82, 2.24) is 9.88 Å². The molecule has 8 heteroatoms. The third-order valence-corrected chi connectivity index (χ3v) is 2.86. The van der Waals surface area contributed by atoms with E-state index in [2.05, 4.69) is 4.98 Å². The number of carbonyl (C=O) groups is 1. The highest BCUT2D eigenvalue weighted by molar-refractivity contribution is 5.93. The van der Waals surface area contributed by atoms with E-state index in [4.69, 9.17) is 4.74 Å². The Kier molecular flexibility index (Phi) is 4.53. The van der Waals surface area contributed by atoms with Crippen LogP contribution in [-0.4, -0.2) is 29.9 Å². The van der Waals surface area contributed by atoms with Gasteiger partial charge in [0.25, 0.3) is 11.8 Å². The topological polar surface area (TPSA) is 42.4 Å². The van der Waals surface area contributed by atoms with Crippen molar-refractivity contribution in [1.29, 1.82) is 0 Å². The molecule has 0 aliphatic heterocycles. The number of aromatic nitrogens is 1. The molecular weight excluding hydrogens is 316 g/mol. The van der Waals surface area contributed by atoms with Crippen molar-refractivity contribution in [2.75, 3.05) is 14.1 Å². The van der Waals surface area contributed by atoms with Gasteiger partial charge < -0.3 is 9.64 Å². The lowest BCUT2D eigenvalue weighted by atomic mass is 10.2. The molecule has 0 saturated carbocycles. The summed E-state index contributed by atoms with van der Waals surface area (Å²) in [6.45, 7) is 0. The molecule has 1 aromatic heterocycles. The predicted molar refractivity (Wildman–Crippen MR) is 73.7 cm³/mol. The zero-order valence-electron chi connectivity index (χ0n) is 12.2. The second kappa shape index (κ2) is 6.23. The van der Waals surface area contributed by atoms with Gasteiger partial charge in [0.2, 0.25) is 0 Å². The number of benzene rings is 1. The average molecular weight is 328 g/mol. The molecule has 2 aromatic rings. The SMILES string of the molecule is CN(C)C(=O)c1cnc(Oc2ccc(C(F)(F)F)cc2)c(F)c1. The fraction of sp³-hybridized carbons (Fsp3) is 0.200. The van der Waals surface area contributed by atoms with Crippen molar-refractivity contribution in [3.8, 4) is 11.6 Å². The molecule has 0 unspecified atom stereocenters. The molecule has 0 bridgehead atoms. The lowest BCUT2D eigenvalue weighted by Gasteiger charge is -2.11. The van der Waals surface area contributed by atoms with Gasteiger partial charge in [-0.25, -0.2) is 9.37 Å². The monoisotopic (exact) mass is 328 g/mol. The van der Waals surface area contributed by atoms with Gasteiger partial charge in [-0.05, 0) is 30.3 Å². The highest BCUT2D eigenvalue weighted by Gasteiger charge is 2.30. The molecule has 0 fully saturated rings. The largest absolute Gasteiger partial charge is 0.436 e. The highest BCUT2D eigenvalue weighted by atomic mass is 19.4. The molecule has 0 aliphatic rings. The number of carbonyl (C=O) groups excluding carboxylic acids is 1. The Morgan fingerprint density at radius 2 is 1.78 bits per heavy atom. The normalized spacial score (nSPS) is 11.2. The van der Waals surface area contributed by atoms with Crippen LogP contribution in [0.15, 0.2) is 36.5 Å². The Hall–Kier alpha value is -2.64. The second-order valence-electron chi connectivity index (χ2n) is 4.83. The van der Waals surface area contributed by atoms with E-state index in [1.165, 1.54) is 19.0 Å². The van der Waals surface area contributed by atoms with Gasteiger partial charge in [0.05, 0.1) is 11.1 Å². The van der Waals surface area contributed by atoms with Crippen LogP contribution in [-0.2, 0) is 6.18 Å². The smallest absolute Gasteiger partial charge is 0.416 e. The van der Waals surface area contributed by atoms with E-state index in [0.717, 1.165) is 36.5 Å². The molecule has 0 atom stereocenters. The Morgan fingerprint density at radius 1 is 1.17 bits per heavy atom. The summed E-state index contributed by atoms with van der Waals surface area (Å²) in [6, 6.07) is 4.70. The number of hydrogen-bond donors (Lipinski definition) is 0. The molecular formula is C15H12F4N2O2. The van der Waals surface area contributed by atoms with E-state index >= 15 is 0 Å². The summed E-state index contributed by atoms with van der Waals surface area (Å²) >= 11 is 0. The van der Waals surface area contributed by atoms with Gasteiger partial charge in [-0.3, -0.25) is 4.79 Å². The maximum absolute atomic E-state index is 13.9. The molecule has 0 saturated heterocycles. The molecule has 1 aromatic carbocycles. The van der Waals surface area contributed by atoms with Crippen molar-refractivity contribution in [3.63, 3.8) is 0 Å². The zero-order chi connectivity index (χ0) is 17.2. The van der Waals surface area contributed by atoms with Gasteiger partial charge in [-0.15, -0.1) is 0 Å². The minimum absolute atomic E-state index is 0.00362. The summed E-state index contributed by atoms with van der Waals surface area (Å²) in [4.78, 5) is 16.6. The van der Waals surface area contributed by atoms with Crippen molar-refractivity contribution in [3.05, 3.63) is 53.5 Å². The number of nitrogens with zero attached hydrogens (tertiary/aromatic N) is 2. The first-order valence-corrected chi connectivity index (χ1v) is 6.41. The fourth-order valence-corrected chi connectivity index (χ4v) is 1.70. The first-order chi connectivity index (χ1) is 10.7. The standard InChI is InChI=1S/C15H12F4N2O2/c1-21(2)14(22)9-7-12(16)13(20-8-9)23-11-5-3-10(4-6-11)15(17,18)19/h3-8H,1-2H3. The Labute approximate surface area is 129 Å². The Morgan fingerprint density at radius 3 is 2.26 bits per heavy atom. The molecule has 4 nitrogen and oxygen atoms in total. The summed E-state index contributed by atoms with van der Waals surface area (Å²) in [6.07, 6.45) is -3.33. The number of hydrogen-bond acceptors (Lipinski definition) is 3. The van der Waals surface area contributed by atoms with Gasteiger partial charge in [0.15, 0.2) is 5.82 Å². The Bertz CT molecular complexity index is 712. The summed E-state index contributed by atoms with van der Waals surface area (Å²) in [5.41, 5.74) is -0.808. The maximum atomic E-state index is 13.9. The second-order valence-corrected chi connectivity index (χ2v) is 4.83. The molecule has 2 rings (SSSR count). The number of rotatable bonds is 3. The molecule has 0 N–H and O–H groups in total. The summed E-state index contributed by atoms with van der Waals surface area (Å²) in [7, 11) is 3.01. The van der Waals surface area contributed by atoms with Gasteiger partial charge in [0, 0.05) is 20.3 Å². The number of amides is 1. The van der Waals surface area contributed by atoms with Gasteiger partial charge in [0.1, 0.15) is 5.75 Å². The summed E-state index contributed by atoms with van der Waals surface area (Å²) < 4.78 is 56.3. The molecule has 0 radical (unpaired) electrons. The van der Waals surface area contributed by atoms with Gasteiger partial charge >= 0.3 is 6.18 Å². The Balaban J connectivity index is 2.19. The van der Waals surface area contributed by atoms with Gasteiger partial charge in [-0.1, -0.05) is 0 Å². The lowest BCUT2D eigenvalue weighted by molar-refractivity contribution is -0.137. The summed E-state index contributed by atoms with van der Waals surface area (Å²) in [5.74, 6) is -1.76. The molecule has 0 spiro atoms. The maximum Gasteiger partial charge on any atom is 0.416 e. The summed E-state index contributed by atoms with van der Waals surface area (Å²) in [5, 5.41) is 0. The first-order valence-electron chi connectivity index (χ1n) is 6.41. The molecule has 0 aliphatic carbocycles.